The van der Waals surface area contributed by atoms with E-state index in [1.165, 1.54) is 0 Å². The molecule has 0 atom stereocenters. The number of sulfone groups is 1. The van der Waals surface area contributed by atoms with Crippen molar-refractivity contribution < 1.29 is 22.7 Å². The van der Waals surface area contributed by atoms with Gasteiger partial charge in [-0.1, -0.05) is 6.92 Å². The molecule has 0 saturated carbocycles. The highest BCUT2D eigenvalue weighted by atomic mass is 32.2. The number of carbonyl (C=O) groups is 1. The number of hydrogen-bond acceptors (Lipinski definition) is 5. The molecule has 6 nitrogen and oxygen atoms in total. The minimum atomic E-state index is -3.02. The first-order valence-electron chi connectivity index (χ1n) is 8.31. The van der Waals surface area contributed by atoms with Crippen LogP contribution in [-0.4, -0.2) is 56.5 Å². The molecule has 1 amide bonds. The highest BCUT2D eigenvalue weighted by molar-refractivity contribution is 7.92. The van der Waals surface area contributed by atoms with Crippen molar-refractivity contribution in [3.8, 4) is 11.5 Å². The Morgan fingerprint density at radius 1 is 1.08 bits per heavy atom. The van der Waals surface area contributed by atoms with Gasteiger partial charge in [-0.2, -0.15) is 0 Å². The average molecular weight is 355 g/mol. The van der Waals surface area contributed by atoms with Crippen LogP contribution < -0.4 is 9.47 Å². The molecule has 1 fully saturated rings. The van der Waals surface area contributed by atoms with E-state index < -0.39 is 9.84 Å². The highest BCUT2D eigenvalue weighted by Crippen LogP contribution is 2.20. The summed E-state index contributed by atoms with van der Waals surface area (Å²) >= 11 is 0. The van der Waals surface area contributed by atoms with Gasteiger partial charge in [0.15, 0.2) is 16.4 Å². The number of carbonyl (C=O) groups excluding carboxylic acids is 1. The van der Waals surface area contributed by atoms with Gasteiger partial charge in [-0.25, -0.2) is 8.42 Å². The molecule has 0 bridgehead atoms. The lowest BCUT2D eigenvalue weighted by Gasteiger charge is -2.31. The monoisotopic (exact) mass is 355 g/mol. The van der Waals surface area contributed by atoms with Gasteiger partial charge in [-0.05, 0) is 44.0 Å². The fourth-order valence-electron chi connectivity index (χ4n) is 2.74. The molecule has 1 saturated heterocycles. The van der Waals surface area contributed by atoms with Crippen LogP contribution in [0.3, 0.4) is 0 Å². The highest BCUT2D eigenvalue weighted by Gasteiger charge is 2.30. The standard InChI is InChI=1S/C17H25NO5S/c1-3-22-14-5-7-15(8-6-14)23-13-17(19)18-11-9-16(10-12-18)24(20,21)4-2/h5-8,16H,3-4,9-13H2,1-2H3. The number of rotatable bonds is 7. The Morgan fingerprint density at radius 3 is 2.12 bits per heavy atom. The van der Waals surface area contributed by atoms with Crippen LogP contribution in [0.2, 0.25) is 0 Å². The number of amides is 1. The molecule has 0 aliphatic carbocycles. The Labute approximate surface area is 143 Å². The van der Waals surface area contributed by atoms with Gasteiger partial charge in [-0.15, -0.1) is 0 Å². The molecule has 24 heavy (non-hydrogen) atoms. The van der Waals surface area contributed by atoms with Crippen LogP contribution in [0, 0.1) is 0 Å². The first kappa shape index (κ1) is 18.6. The molecular weight excluding hydrogens is 330 g/mol. The van der Waals surface area contributed by atoms with E-state index in [0.717, 1.165) is 5.75 Å². The summed E-state index contributed by atoms with van der Waals surface area (Å²) in [6, 6.07) is 7.12. The second kappa shape index (κ2) is 8.37. The summed E-state index contributed by atoms with van der Waals surface area (Å²) in [6.45, 7) is 5.07. The minimum absolute atomic E-state index is 0.0425. The lowest BCUT2D eigenvalue weighted by atomic mass is 10.1. The maximum Gasteiger partial charge on any atom is 0.260 e. The van der Waals surface area contributed by atoms with Crippen LogP contribution in [-0.2, 0) is 14.6 Å². The molecule has 1 heterocycles. The van der Waals surface area contributed by atoms with Gasteiger partial charge in [0, 0.05) is 18.8 Å². The smallest absolute Gasteiger partial charge is 0.260 e. The molecule has 0 radical (unpaired) electrons. The molecule has 1 aliphatic heterocycles. The third kappa shape index (κ3) is 4.87. The van der Waals surface area contributed by atoms with Crippen molar-refractivity contribution in [2.24, 2.45) is 0 Å². The van der Waals surface area contributed by atoms with Gasteiger partial charge in [0.1, 0.15) is 11.5 Å². The maximum absolute atomic E-state index is 12.2. The summed E-state index contributed by atoms with van der Waals surface area (Å²) in [5.41, 5.74) is 0. The van der Waals surface area contributed by atoms with Gasteiger partial charge >= 0.3 is 0 Å². The van der Waals surface area contributed by atoms with Crippen LogP contribution in [0.5, 0.6) is 11.5 Å². The van der Waals surface area contributed by atoms with Crippen molar-refractivity contribution in [3.63, 3.8) is 0 Å². The Balaban J connectivity index is 1.79. The Bertz CT molecular complexity index is 633. The second-order valence-electron chi connectivity index (χ2n) is 5.72. The van der Waals surface area contributed by atoms with Crippen LogP contribution in [0.1, 0.15) is 26.7 Å². The number of piperidine rings is 1. The third-order valence-corrected chi connectivity index (χ3v) is 6.49. The third-order valence-electron chi connectivity index (χ3n) is 4.20. The normalized spacial score (nSPS) is 16.0. The second-order valence-corrected chi connectivity index (χ2v) is 8.29. The number of benzene rings is 1. The summed E-state index contributed by atoms with van der Waals surface area (Å²) in [5.74, 6) is 1.41. The zero-order valence-corrected chi connectivity index (χ0v) is 15.0. The predicted molar refractivity (Wildman–Crippen MR) is 92.2 cm³/mol. The minimum Gasteiger partial charge on any atom is -0.494 e. The fraction of sp³-hybridized carbons (Fsp3) is 0.588. The predicted octanol–water partition coefficient (Wildman–Crippen LogP) is 1.89. The first-order chi connectivity index (χ1) is 11.5. The van der Waals surface area contributed by atoms with E-state index >= 15 is 0 Å². The molecule has 0 N–H and O–H groups in total. The van der Waals surface area contributed by atoms with Crippen molar-refractivity contribution in [1.82, 2.24) is 4.90 Å². The lowest BCUT2D eigenvalue weighted by Crippen LogP contribution is -2.44. The van der Waals surface area contributed by atoms with Crippen molar-refractivity contribution >= 4 is 15.7 Å². The van der Waals surface area contributed by atoms with Gasteiger partial charge < -0.3 is 14.4 Å². The number of nitrogens with zero attached hydrogens (tertiary/aromatic N) is 1. The van der Waals surface area contributed by atoms with Gasteiger partial charge in [0.05, 0.1) is 11.9 Å². The largest absolute Gasteiger partial charge is 0.494 e. The average Bonchev–Trinajstić information content (AvgIpc) is 2.61. The summed E-state index contributed by atoms with van der Waals surface area (Å²) in [6.07, 6.45) is 1.01. The molecule has 7 heteroatoms. The Hall–Kier alpha value is -1.76. The molecular formula is C17H25NO5S. The topological polar surface area (TPSA) is 72.9 Å². The molecule has 2 rings (SSSR count). The van der Waals surface area contributed by atoms with E-state index in [2.05, 4.69) is 0 Å². The van der Waals surface area contributed by atoms with Gasteiger partial charge in [0.25, 0.3) is 5.91 Å². The maximum atomic E-state index is 12.2. The van der Waals surface area contributed by atoms with Crippen molar-refractivity contribution in [3.05, 3.63) is 24.3 Å². The Morgan fingerprint density at radius 2 is 1.62 bits per heavy atom. The van der Waals surface area contributed by atoms with Crippen LogP contribution in [0.15, 0.2) is 24.3 Å². The quantitative estimate of drug-likeness (QED) is 0.747. The van der Waals surface area contributed by atoms with Crippen molar-refractivity contribution in [2.45, 2.75) is 31.9 Å². The Kier molecular flexibility index (Phi) is 6.48. The number of ether oxygens (including phenoxy) is 2. The molecule has 0 spiro atoms. The molecule has 1 aliphatic rings. The van der Waals surface area contributed by atoms with Crippen molar-refractivity contribution in [1.29, 1.82) is 0 Å². The van der Waals surface area contributed by atoms with E-state index in [-0.39, 0.29) is 23.5 Å². The molecule has 1 aromatic carbocycles. The first-order valence-corrected chi connectivity index (χ1v) is 10.0. The van der Waals surface area contributed by atoms with Crippen molar-refractivity contribution in [2.75, 3.05) is 32.1 Å². The van der Waals surface area contributed by atoms with E-state index in [1.807, 2.05) is 6.92 Å². The van der Waals surface area contributed by atoms with E-state index in [4.69, 9.17) is 9.47 Å². The van der Waals surface area contributed by atoms with Crippen LogP contribution in [0.4, 0.5) is 0 Å². The van der Waals surface area contributed by atoms with Crippen LogP contribution in [0.25, 0.3) is 0 Å². The molecule has 0 unspecified atom stereocenters. The SMILES string of the molecule is CCOc1ccc(OCC(=O)N2CCC(S(=O)(=O)CC)CC2)cc1. The van der Waals surface area contributed by atoms with Gasteiger partial charge in [-0.3, -0.25) is 4.79 Å². The molecule has 1 aromatic rings. The van der Waals surface area contributed by atoms with E-state index in [0.29, 0.717) is 38.3 Å². The van der Waals surface area contributed by atoms with Crippen LogP contribution >= 0.6 is 0 Å². The summed E-state index contributed by atoms with van der Waals surface area (Å²) in [5, 5.41) is -0.321. The summed E-state index contributed by atoms with van der Waals surface area (Å²) < 4.78 is 34.6. The number of hydrogen-bond donors (Lipinski definition) is 0. The fourth-order valence-corrected chi connectivity index (χ4v) is 4.14. The zero-order valence-electron chi connectivity index (χ0n) is 14.2. The summed E-state index contributed by atoms with van der Waals surface area (Å²) in [7, 11) is -3.02. The van der Waals surface area contributed by atoms with E-state index in [9.17, 15) is 13.2 Å². The molecule has 0 aromatic heterocycles. The van der Waals surface area contributed by atoms with Gasteiger partial charge in [0.2, 0.25) is 0 Å². The van der Waals surface area contributed by atoms with E-state index in [1.54, 1.807) is 36.1 Å². The number of likely N-dealkylation sites (tertiary alicyclic amines) is 1. The summed E-state index contributed by atoms with van der Waals surface area (Å²) in [4.78, 5) is 13.9. The zero-order chi connectivity index (χ0) is 17.6. The lowest BCUT2D eigenvalue weighted by molar-refractivity contribution is -0.134. The molecule has 134 valence electrons.